The van der Waals surface area contributed by atoms with E-state index in [1.807, 2.05) is 6.07 Å². The number of halogens is 1. The van der Waals surface area contributed by atoms with Crippen LogP contribution in [0.2, 0.25) is 0 Å². The summed E-state index contributed by atoms with van der Waals surface area (Å²) in [5, 5.41) is 16.0. The van der Waals surface area contributed by atoms with Gasteiger partial charge in [-0.3, -0.25) is 15.0 Å². The van der Waals surface area contributed by atoms with Gasteiger partial charge in [-0.15, -0.1) is 5.10 Å². The van der Waals surface area contributed by atoms with E-state index in [1.165, 1.54) is 27.6 Å². The van der Waals surface area contributed by atoms with Gasteiger partial charge >= 0.3 is 6.09 Å². The zero-order chi connectivity index (χ0) is 23.8. The van der Waals surface area contributed by atoms with Crippen LogP contribution in [0.15, 0.2) is 36.5 Å². The molecule has 10 heteroatoms. The van der Waals surface area contributed by atoms with Crippen molar-refractivity contribution in [3.63, 3.8) is 0 Å². The first-order chi connectivity index (χ1) is 15.6. The van der Waals surface area contributed by atoms with Crippen LogP contribution in [0.25, 0.3) is 16.8 Å². The van der Waals surface area contributed by atoms with Crippen LogP contribution in [0, 0.1) is 17.1 Å². The molecule has 1 aromatic carbocycles. The summed E-state index contributed by atoms with van der Waals surface area (Å²) in [7, 11) is 0. The standard InChI is InChI=1S/C23H23FN6O3/c1-23(2,3)33-22(32)29-10-4-5-18(29)20(31)27-21-26-19-9-7-15(13-30(19)28-21)16-11-14(12-25)6-8-17(16)24/h6-9,11,13,18H,4-5,10H2,1-3H3,(H,27,28,31)/t18-/m1/s1. The van der Waals surface area contributed by atoms with Crippen molar-refractivity contribution in [1.82, 2.24) is 19.5 Å². The molecule has 9 nitrogen and oxygen atoms in total. The first-order valence-electron chi connectivity index (χ1n) is 10.5. The molecule has 2 amide bonds. The zero-order valence-electron chi connectivity index (χ0n) is 18.5. The van der Waals surface area contributed by atoms with Crippen LogP contribution in [0.5, 0.6) is 0 Å². The van der Waals surface area contributed by atoms with Crippen LogP contribution >= 0.6 is 0 Å². The molecule has 0 aliphatic carbocycles. The molecule has 3 aromatic rings. The summed E-state index contributed by atoms with van der Waals surface area (Å²) in [6.45, 7) is 5.75. The highest BCUT2D eigenvalue weighted by Crippen LogP contribution is 2.25. The van der Waals surface area contributed by atoms with Gasteiger partial charge in [-0.25, -0.2) is 13.7 Å². The third kappa shape index (κ3) is 4.77. The normalized spacial score (nSPS) is 16.0. The molecule has 33 heavy (non-hydrogen) atoms. The molecule has 1 aliphatic rings. The van der Waals surface area contributed by atoms with E-state index >= 15 is 0 Å². The van der Waals surface area contributed by atoms with E-state index in [-0.39, 0.29) is 11.5 Å². The van der Waals surface area contributed by atoms with Crippen molar-refractivity contribution in [2.75, 3.05) is 11.9 Å². The minimum Gasteiger partial charge on any atom is -0.444 e. The summed E-state index contributed by atoms with van der Waals surface area (Å²) in [6.07, 6.45) is 2.23. The highest BCUT2D eigenvalue weighted by molar-refractivity contribution is 5.95. The molecule has 2 aromatic heterocycles. The van der Waals surface area contributed by atoms with Crippen molar-refractivity contribution in [1.29, 1.82) is 5.26 Å². The Labute approximate surface area is 189 Å². The number of hydrogen-bond acceptors (Lipinski definition) is 6. The smallest absolute Gasteiger partial charge is 0.410 e. The molecule has 3 heterocycles. The fourth-order valence-electron chi connectivity index (χ4n) is 3.68. The third-order valence-corrected chi connectivity index (χ3v) is 5.16. The number of nitrogens with zero attached hydrogens (tertiary/aromatic N) is 5. The second-order valence-electron chi connectivity index (χ2n) is 8.78. The van der Waals surface area contributed by atoms with E-state index in [2.05, 4.69) is 15.4 Å². The zero-order valence-corrected chi connectivity index (χ0v) is 18.5. The van der Waals surface area contributed by atoms with Gasteiger partial charge in [0.15, 0.2) is 5.65 Å². The predicted octanol–water partition coefficient (Wildman–Crippen LogP) is 3.75. The summed E-state index contributed by atoms with van der Waals surface area (Å²) < 4.78 is 21.1. The number of rotatable bonds is 3. The number of benzene rings is 1. The number of nitriles is 1. The van der Waals surface area contributed by atoms with E-state index in [1.54, 1.807) is 39.1 Å². The van der Waals surface area contributed by atoms with Crippen LogP contribution < -0.4 is 5.32 Å². The van der Waals surface area contributed by atoms with Gasteiger partial charge in [-0.2, -0.15) is 10.2 Å². The number of aromatic nitrogens is 3. The van der Waals surface area contributed by atoms with Gasteiger partial charge < -0.3 is 4.74 Å². The van der Waals surface area contributed by atoms with Gasteiger partial charge in [0, 0.05) is 23.9 Å². The van der Waals surface area contributed by atoms with Crippen molar-refractivity contribution >= 4 is 23.6 Å². The molecule has 0 saturated carbocycles. The number of fused-ring (bicyclic) bond motifs is 1. The van der Waals surface area contributed by atoms with Gasteiger partial charge in [-0.05, 0) is 63.9 Å². The molecule has 1 saturated heterocycles. The first-order valence-corrected chi connectivity index (χ1v) is 10.5. The quantitative estimate of drug-likeness (QED) is 0.650. The number of carbonyl (C=O) groups is 2. The molecule has 0 unspecified atom stereocenters. The summed E-state index contributed by atoms with van der Waals surface area (Å²) in [4.78, 5) is 31.0. The number of nitrogens with one attached hydrogen (secondary N) is 1. The van der Waals surface area contributed by atoms with Crippen LogP contribution in [0.3, 0.4) is 0 Å². The van der Waals surface area contributed by atoms with Crippen molar-refractivity contribution in [3.05, 3.63) is 47.9 Å². The van der Waals surface area contributed by atoms with Crippen molar-refractivity contribution in [3.8, 4) is 17.2 Å². The number of carbonyl (C=O) groups excluding carboxylic acids is 2. The summed E-state index contributed by atoms with van der Waals surface area (Å²) in [6, 6.07) is 8.72. The van der Waals surface area contributed by atoms with Crippen molar-refractivity contribution in [2.45, 2.75) is 45.3 Å². The van der Waals surface area contributed by atoms with Crippen LogP contribution in [0.4, 0.5) is 15.1 Å². The minimum absolute atomic E-state index is 0.0689. The number of pyridine rings is 1. The Hall–Kier alpha value is -4.00. The van der Waals surface area contributed by atoms with E-state index in [9.17, 15) is 14.0 Å². The highest BCUT2D eigenvalue weighted by atomic mass is 19.1. The maximum Gasteiger partial charge on any atom is 0.410 e. The second-order valence-corrected chi connectivity index (χ2v) is 8.78. The lowest BCUT2D eigenvalue weighted by atomic mass is 10.0. The molecular weight excluding hydrogens is 427 g/mol. The third-order valence-electron chi connectivity index (χ3n) is 5.16. The van der Waals surface area contributed by atoms with Crippen LogP contribution in [-0.2, 0) is 9.53 Å². The molecule has 4 rings (SSSR count). The predicted molar refractivity (Wildman–Crippen MR) is 118 cm³/mol. The Morgan fingerprint density at radius 2 is 2.06 bits per heavy atom. The Morgan fingerprint density at radius 1 is 1.27 bits per heavy atom. The molecule has 170 valence electrons. The van der Waals surface area contributed by atoms with Gasteiger partial charge in [0.05, 0.1) is 11.6 Å². The van der Waals surface area contributed by atoms with E-state index < -0.39 is 29.5 Å². The second kappa shape index (κ2) is 8.50. The highest BCUT2D eigenvalue weighted by Gasteiger charge is 2.37. The molecule has 1 aliphatic heterocycles. The topological polar surface area (TPSA) is 113 Å². The average molecular weight is 450 g/mol. The maximum absolute atomic E-state index is 14.3. The van der Waals surface area contributed by atoms with E-state index in [0.717, 1.165) is 0 Å². The lowest BCUT2D eigenvalue weighted by molar-refractivity contribution is -0.120. The summed E-state index contributed by atoms with van der Waals surface area (Å²) >= 11 is 0. The lowest BCUT2D eigenvalue weighted by Crippen LogP contribution is -2.45. The van der Waals surface area contributed by atoms with Gasteiger partial charge in [0.25, 0.3) is 0 Å². The summed E-state index contributed by atoms with van der Waals surface area (Å²) in [5.74, 6) is -0.799. The number of likely N-dealkylation sites (tertiary alicyclic amines) is 1. The largest absolute Gasteiger partial charge is 0.444 e. The molecule has 1 atom stereocenters. The van der Waals surface area contributed by atoms with E-state index in [4.69, 9.17) is 10.00 Å². The lowest BCUT2D eigenvalue weighted by Gasteiger charge is -2.27. The maximum atomic E-state index is 14.3. The fourth-order valence-corrected chi connectivity index (χ4v) is 3.68. The number of amides is 2. The van der Waals surface area contributed by atoms with E-state index in [0.29, 0.717) is 36.2 Å². The Morgan fingerprint density at radius 3 is 2.79 bits per heavy atom. The first kappa shape index (κ1) is 22.2. The van der Waals surface area contributed by atoms with Crippen molar-refractivity contribution < 1.29 is 18.7 Å². The van der Waals surface area contributed by atoms with Gasteiger partial charge in [0.1, 0.15) is 17.5 Å². The molecule has 0 spiro atoms. The van der Waals surface area contributed by atoms with Crippen molar-refractivity contribution in [2.24, 2.45) is 0 Å². The van der Waals surface area contributed by atoms with Gasteiger partial charge in [-0.1, -0.05) is 0 Å². The molecule has 1 N–H and O–H groups in total. The molecule has 1 fully saturated rings. The SMILES string of the molecule is CC(C)(C)OC(=O)N1CCC[C@@H]1C(=O)Nc1nc2ccc(-c3cc(C#N)ccc3F)cn2n1. The number of hydrogen-bond donors (Lipinski definition) is 1. The molecular formula is C23H23FN6O3. The Kier molecular flexibility index (Phi) is 5.72. The molecule has 0 radical (unpaired) electrons. The fraction of sp³-hybridized carbons (Fsp3) is 0.348. The van der Waals surface area contributed by atoms with Gasteiger partial charge in [0.2, 0.25) is 11.9 Å². The van der Waals surface area contributed by atoms with Crippen LogP contribution in [-0.4, -0.2) is 49.7 Å². The number of anilines is 1. The average Bonchev–Trinajstić information content (AvgIpc) is 3.39. The Balaban J connectivity index is 1.53. The number of ether oxygens (including phenoxy) is 1. The van der Waals surface area contributed by atoms with Crippen LogP contribution in [0.1, 0.15) is 39.2 Å². The monoisotopic (exact) mass is 450 g/mol. The Bertz CT molecular complexity index is 1270. The minimum atomic E-state index is -0.676. The summed E-state index contributed by atoms with van der Waals surface area (Å²) in [5.41, 5.74) is 0.890. The molecule has 0 bridgehead atoms.